The number of imidazole rings is 1. The third-order valence-corrected chi connectivity index (χ3v) is 25.8. The van der Waals surface area contributed by atoms with Gasteiger partial charge in [-0.1, -0.05) is 42.5 Å². The summed E-state index contributed by atoms with van der Waals surface area (Å²) in [6.07, 6.45) is 36.7. The second-order valence-corrected chi connectivity index (χ2v) is 33.3. The van der Waals surface area contributed by atoms with Crippen LogP contribution in [0.5, 0.6) is 11.5 Å². The van der Waals surface area contributed by atoms with E-state index in [1.807, 2.05) is 90.4 Å². The summed E-state index contributed by atoms with van der Waals surface area (Å²) in [5.41, 5.74) is 49.4. The SMILES string of the molecule is N=C(N)Cc1ccc(-c2nc3ccc4[nH]ncc4c3c3c2CCCC3)cc1.Nc1nc2ccc3[nH]c(-c4ccc(O)cc4)c4c(c3c2n1)CCCC4.Oc1ccc(-c2nc3ccn4nccc4c3c3c2CCCC3)cc1.c1ccc2c(-c3nc4ccc5[nH]ncc5c4c4c3CCCC4)n[nH]c2c1.c1n[nH]cc1-c1nc2ccc3[nH]ncc3c2c2c1CCCC2. The fraction of sp³-hybridized carbons (Fsp3) is 0.210. The number of rotatable bonds is 7. The van der Waals surface area contributed by atoms with Gasteiger partial charge in [0.05, 0.1) is 115 Å². The Labute approximate surface area is 710 Å². The molecule has 0 amide bonds. The molecular weight excluding hydrogens is 1540 g/mol. The number of aromatic hydroxyl groups is 2. The van der Waals surface area contributed by atoms with Crippen molar-refractivity contribution >= 4 is 126 Å². The molecule has 0 spiro atoms. The molecule has 26 rings (SSSR count). The fourth-order valence-electron chi connectivity index (χ4n) is 20.2. The van der Waals surface area contributed by atoms with Gasteiger partial charge < -0.3 is 26.7 Å². The monoisotopic (exact) mass is 1630 g/mol. The van der Waals surface area contributed by atoms with Gasteiger partial charge in [0, 0.05) is 95.2 Å². The number of hydrogen-bond acceptors (Lipinski definition) is 16. The molecule has 124 heavy (non-hydrogen) atoms. The van der Waals surface area contributed by atoms with Gasteiger partial charge in [-0.3, -0.25) is 30.9 Å². The lowest BCUT2D eigenvalue weighted by molar-refractivity contribution is 0.475. The average molecular weight is 1630 g/mol. The molecule has 0 saturated carbocycles. The molecule has 0 atom stereocenters. The number of benzene rings is 8. The maximum absolute atomic E-state index is 9.60. The summed E-state index contributed by atoms with van der Waals surface area (Å²) in [4.78, 5) is 32.5. The van der Waals surface area contributed by atoms with E-state index in [-0.39, 0.29) is 17.3 Å². The smallest absolute Gasteiger partial charge is 0.221 e. The molecule has 5 aliphatic carbocycles. The number of nitrogens with one attached hydrogen (secondary N) is 7. The zero-order valence-corrected chi connectivity index (χ0v) is 68.3. The second-order valence-electron chi connectivity index (χ2n) is 33.3. The highest BCUT2D eigenvalue weighted by atomic mass is 16.3. The molecule has 13 aromatic heterocycles. The quantitative estimate of drug-likeness (QED) is 0.0521. The molecule has 21 aromatic rings. The van der Waals surface area contributed by atoms with E-state index in [4.69, 9.17) is 36.8 Å². The van der Waals surface area contributed by atoms with Gasteiger partial charge in [-0.05, 0) is 310 Å². The predicted octanol–water partition coefficient (Wildman–Crippen LogP) is 20.1. The van der Waals surface area contributed by atoms with Crippen molar-refractivity contribution in [2.45, 2.75) is 135 Å². The molecule has 0 unspecified atom stereocenters. The zero-order valence-electron chi connectivity index (χ0n) is 68.3. The number of pyridine rings is 6. The Hall–Kier alpha value is -15.1. The molecule has 8 aromatic carbocycles. The minimum atomic E-state index is 0.188. The van der Waals surface area contributed by atoms with Crippen molar-refractivity contribution in [2.24, 2.45) is 5.73 Å². The first kappa shape index (κ1) is 75.2. The van der Waals surface area contributed by atoms with Gasteiger partial charge in [0.15, 0.2) is 0 Å². The summed E-state index contributed by atoms with van der Waals surface area (Å²) in [5.74, 6) is 1.08. The maximum atomic E-state index is 9.60. The van der Waals surface area contributed by atoms with Gasteiger partial charge in [-0.25, -0.2) is 34.4 Å². The van der Waals surface area contributed by atoms with Gasteiger partial charge in [0.1, 0.15) is 22.7 Å². The van der Waals surface area contributed by atoms with Gasteiger partial charge in [-0.2, -0.15) is 30.6 Å². The van der Waals surface area contributed by atoms with Crippen molar-refractivity contribution in [1.82, 2.24) is 95.5 Å². The fourth-order valence-corrected chi connectivity index (χ4v) is 20.2. The van der Waals surface area contributed by atoms with Gasteiger partial charge in [-0.15, -0.1) is 0 Å². The molecule has 24 nitrogen and oxygen atoms in total. The summed E-state index contributed by atoms with van der Waals surface area (Å²) >= 11 is 0. The summed E-state index contributed by atoms with van der Waals surface area (Å²) in [5, 5.41) is 78.6. The number of aromatic nitrogens is 19. The number of nitrogens with zero attached hydrogens (tertiary/aromatic N) is 13. The van der Waals surface area contributed by atoms with Crippen molar-refractivity contribution < 1.29 is 10.2 Å². The number of phenolic OH excluding ortho intramolecular Hbond substituents is 2. The lowest BCUT2D eigenvalue weighted by Gasteiger charge is -2.22. The highest BCUT2D eigenvalue weighted by molar-refractivity contribution is 6.12. The maximum Gasteiger partial charge on any atom is 0.221 e. The first-order valence-corrected chi connectivity index (χ1v) is 43.2. The van der Waals surface area contributed by atoms with Crippen molar-refractivity contribution in [3.63, 3.8) is 0 Å². The first-order chi connectivity index (χ1) is 61.0. The van der Waals surface area contributed by atoms with Crippen molar-refractivity contribution in [1.29, 1.82) is 5.41 Å². The molecule has 0 aliphatic heterocycles. The third-order valence-electron chi connectivity index (χ3n) is 25.8. The van der Waals surface area contributed by atoms with Crippen LogP contribution < -0.4 is 11.5 Å². The molecule has 0 radical (unpaired) electrons. The molecular formula is C100H88N22O2. The average Bonchev–Trinajstić information content (AvgIpc) is 1.45. The van der Waals surface area contributed by atoms with Gasteiger partial charge in [0.25, 0.3) is 0 Å². The Balaban J connectivity index is 0.0000000923. The van der Waals surface area contributed by atoms with Crippen molar-refractivity contribution in [3.8, 4) is 67.9 Å². The van der Waals surface area contributed by atoms with Crippen LogP contribution >= 0.6 is 0 Å². The van der Waals surface area contributed by atoms with Crippen LogP contribution in [0.3, 0.4) is 0 Å². The molecule has 24 heteroatoms. The van der Waals surface area contributed by atoms with Crippen molar-refractivity contribution in [3.05, 3.63) is 262 Å². The molecule has 5 aliphatic rings. The van der Waals surface area contributed by atoms with Crippen molar-refractivity contribution in [2.75, 3.05) is 5.73 Å². The lowest BCUT2D eigenvalue weighted by atomic mass is 9.85. The van der Waals surface area contributed by atoms with Crippen LogP contribution in [0.4, 0.5) is 5.95 Å². The number of aromatic amines is 6. The standard InChI is InChI=1S/C22H21N5.C21H17N5.C20H18N4O.C20H17N3O.C17H15N5/c23-20(24)11-13-5-7-14(8-6-13)22-16-4-2-1-3-15(16)21-17-12-25-27-18(17)9-10-19(21)26-22;1-2-6-13-12(5-1)19-15-11-22-24-17(15)9-10-18(19)23-20(13)21-14-7-3-4-8-16(14)25-26-21;21-20-23-16-10-9-15-17(19(16)24-20)13-3-1-2-4-14(13)18(22-15)11-5-7-12(25)8-6-11;24-14-7-5-13(6-8-14)20-16-4-2-1-3-15(16)19-17(22-20)10-12-23-18(19)9-11-21-23;1-2-4-12-11(3-1)16-13-9-20-22-14(13)5-6-15(16)21-17(12)10-7-18-19-8-10/h5-10,12H,1-4,11H2,(H3,23,24)(H,25,27);3-4,7-11H,1-2,5-6H2,(H,22,24)(H,25,26);5-10,22,25H,1-4H2,(H2,21,23);5-12,24H,1-4H2;5-9H,1-4H2,(H,18,19)(H,20,22). The number of H-pyrrole nitrogens is 6. The van der Waals surface area contributed by atoms with Crippen LogP contribution in [-0.4, -0.2) is 112 Å². The van der Waals surface area contributed by atoms with Crippen LogP contribution in [0.1, 0.15) is 125 Å². The topological polar surface area (TPSA) is 370 Å². The summed E-state index contributed by atoms with van der Waals surface area (Å²) < 4.78 is 1.93. The van der Waals surface area contributed by atoms with E-state index in [0.717, 1.165) is 203 Å². The van der Waals surface area contributed by atoms with E-state index in [2.05, 4.69) is 162 Å². The van der Waals surface area contributed by atoms with Gasteiger partial charge >= 0.3 is 0 Å². The van der Waals surface area contributed by atoms with E-state index in [9.17, 15) is 10.2 Å². The number of fused-ring (bicyclic) bond motifs is 26. The Kier molecular flexibility index (Phi) is 19.1. The molecule has 13 N–H and O–H groups in total. The predicted molar refractivity (Wildman–Crippen MR) is 492 cm³/mol. The summed E-state index contributed by atoms with van der Waals surface area (Å²) in [7, 11) is 0. The second kappa shape index (κ2) is 31.5. The van der Waals surface area contributed by atoms with Crippen LogP contribution in [0, 0.1) is 5.41 Å². The number of nitrogens with two attached hydrogens (primary N) is 2. The van der Waals surface area contributed by atoms with E-state index in [0.29, 0.717) is 12.4 Å². The zero-order chi connectivity index (χ0) is 83.0. The van der Waals surface area contributed by atoms with Gasteiger partial charge in [0.2, 0.25) is 5.95 Å². The summed E-state index contributed by atoms with van der Waals surface area (Å²) in [6, 6.07) is 52.0. The largest absolute Gasteiger partial charge is 0.508 e. The highest BCUT2D eigenvalue weighted by Gasteiger charge is 2.29. The van der Waals surface area contributed by atoms with Crippen LogP contribution in [0.2, 0.25) is 0 Å². The lowest BCUT2D eigenvalue weighted by Crippen LogP contribution is -2.12. The van der Waals surface area contributed by atoms with E-state index in [1.165, 1.54) is 158 Å². The molecule has 0 saturated heterocycles. The minimum absolute atomic E-state index is 0.188. The van der Waals surface area contributed by atoms with E-state index < -0.39 is 0 Å². The number of amidine groups is 1. The number of anilines is 1. The molecule has 0 fully saturated rings. The number of hydrogen-bond donors (Lipinski definition) is 11. The number of nitrogen functional groups attached to an aromatic ring is 1. The third kappa shape index (κ3) is 13.5. The molecule has 610 valence electrons. The molecule has 0 bridgehead atoms. The Morgan fingerprint density at radius 3 is 1.35 bits per heavy atom. The number of aryl methyl sites for hydroxylation is 5. The number of phenols is 2. The Morgan fingerprint density at radius 2 is 0.815 bits per heavy atom. The summed E-state index contributed by atoms with van der Waals surface area (Å²) in [6.45, 7) is 0. The van der Waals surface area contributed by atoms with Crippen LogP contribution in [0.15, 0.2) is 201 Å². The molecule has 13 heterocycles. The highest BCUT2D eigenvalue weighted by Crippen LogP contribution is 2.45. The first-order valence-electron chi connectivity index (χ1n) is 43.2. The minimum Gasteiger partial charge on any atom is -0.508 e. The van der Waals surface area contributed by atoms with Crippen LogP contribution in [0.25, 0.3) is 171 Å². The normalized spacial score (nSPS) is 14.2. The van der Waals surface area contributed by atoms with Crippen LogP contribution in [-0.2, 0) is 70.6 Å². The number of para-hydroxylation sites is 1. The Morgan fingerprint density at radius 1 is 0.371 bits per heavy atom. The Bertz CT molecular complexity index is 7740. The van der Waals surface area contributed by atoms with E-state index >= 15 is 0 Å². The van der Waals surface area contributed by atoms with E-state index in [1.54, 1.807) is 24.3 Å².